The molecule has 2 heteroatoms. The van der Waals surface area contributed by atoms with Crippen molar-refractivity contribution in [2.45, 2.75) is 70.3 Å². The highest BCUT2D eigenvalue weighted by Gasteiger charge is 2.36. The minimum atomic E-state index is -0.0793. The topological polar surface area (TPSA) is 24.1 Å². The van der Waals surface area contributed by atoms with Gasteiger partial charge in [0, 0.05) is 50.5 Å². The zero-order valence-corrected chi connectivity index (χ0v) is 28.8. The maximum absolute atomic E-state index is 4.24. The second-order valence-corrected chi connectivity index (χ2v) is 15.0. The lowest BCUT2D eigenvalue weighted by atomic mass is 9.80. The van der Waals surface area contributed by atoms with Gasteiger partial charge in [-0.1, -0.05) is 129 Å². The van der Waals surface area contributed by atoms with Crippen LogP contribution in [-0.2, 0) is 5.41 Å². The van der Waals surface area contributed by atoms with Crippen LogP contribution in [0.4, 0.5) is 11.4 Å². The maximum Gasteiger partial charge on any atom is 0.0545 e. The molecule has 0 radical (unpaired) electrons. The van der Waals surface area contributed by atoms with E-state index in [1.165, 1.54) is 72.0 Å². The van der Waals surface area contributed by atoms with E-state index in [0.717, 1.165) is 44.9 Å². The number of allylic oxidation sites excluding steroid dienone is 11. The summed E-state index contributed by atoms with van der Waals surface area (Å²) in [6.07, 6.45) is 33.7. The molecule has 9 rings (SSSR count). The molecule has 0 aliphatic heterocycles. The van der Waals surface area contributed by atoms with E-state index in [1.54, 1.807) is 0 Å². The van der Waals surface area contributed by atoms with Gasteiger partial charge in [-0.2, -0.15) is 0 Å². The van der Waals surface area contributed by atoms with E-state index < -0.39 is 0 Å². The Morgan fingerprint density at radius 1 is 0.653 bits per heavy atom. The molecule has 0 bridgehead atoms. The second-order valence-electron chi connectivity index (χ2n) is 15.0. The minimum absolute atomic E-state index is 0.0793. The van der Waals surface area contributed by atoms with E-state index in [2.05, 4.69) is 152 Å². The lowest BCUT2D eigenvalue weighted by Crippen LogP contribution is -2.31. The van der Waals surface area contributed by atoms with Crippen molar-refractivity contribution in [3.8, 4) is 11.1 Å². The summed E-state index contributed by atoms with van der Waals surface area (Å²) >= 11 is 0. The SMILES string of the molecule is CC1(C)c2ccccc2-c2cc3c(NC4CCC=CC4C4=CCCC=C4)c4ccccc4c(NC4=CCCC=C4C4C=CC=CC4)c3cc21. The zero-order valence-electron chi connectivity index (χ0n) is 28.8. The van der Waals surface area contributed by atoms with Crippen LogP contribution in [0.3, 0.4) is 0 Å². The molecule has 0 amide bonds. The Labute approximate surface area is 291 Å². The van der Waals surface area contributed by atoms with E-state index in [1.807, 2.05) is 0 Å². The van der Waals surface area contributed by atoms with E-state index in [4.69, 9.17) is 0 Å². The number of nitrogens with one attached hydrogen (secondary N) is 2. The molecule has 0 fully saturated rings. The Morgan fingerprint density at radius 2 is 1.45 bits per heavy atom. The molecular formula is C47H46N2. The van der Waals surface area contributed by atoms with Gasteiger partial charge in [-0.15, -0.1) is 0 Å². The molecule has 244 valence electrons. The molecule has 3 atom stereocenters. The Hall–Kier alpha value is -4.82. The molecule has 4 aromatic rings. The standard InChI is InChI=1S/C47H46N2/c1-47(2)41-26-14-11-23-35(41)38-29-39-40(30-42(38)47)46(49-44-28-16-13-22-34(44)32-19-7-4-8-20-32)37-25-10-9-24-36(37)45(39)48-43-27-15-12-21-33(43)31-17-5-3-6-18-31/h4-5,7-12,14,17-19,21-26,28-30,32-33,43,48-49H,3,6,13,15-16,20,27H2,1-2H3. The Morgan fingerprint density at radius 3 is 2.29 bits per heavy atom. The molecule has 5 aliphatic rings. The van der Waals surface area contributed by atoms with Gasteiger partial charge in [0.25, 0.3) is 0 Å². The van der Waals surface area contributed by atoms with Crippen molar-refractivity contribution >= 4 is 32.9 Å². The van der Waals surface area contributed by atoms with Crippen LogP contribution < -0.4 is 10.6 Å². The van der Waals surface area contributed by atoms with Crippen LogP contribution in [-0.4, -0.2) is 6.04 Å². The van der Waals surface area contributed by atoms with Gasteiger partial charge in [-0.3, -0.25) is 0 Å². The lowest BCUT2D eigenvalue weighted by molar-refractivity contribution is 0.542. The predicted molar refractivity (Wildman–Crippen MR) is 210 cm³/mol. The molecule has 0 spiro atoms. The molecule has 4 aromatic carbocycles. The quantitative estimate of drug-likeness (QED) is 0.125. The number of rotatable bonds is 6. The number of hydrogen-bond donors (Lipinski definition) is 2. The van der Waals surface area contributed by atoms with E-state index in [-0.39, 0.29) is 5.41 Å². The fourth-order valence-corrected chi connectivity index (χ4v) is 9.18. The highest BCUT2D eigenvalue weighted by Crippen LogP contribution is 2.53. The molecule has 49 heavy (non-hydrogen) atoms. The molecule has 2 nitrogen and oxygen atoms in total. The van der Waals surface area contributed by atoms with Crippen LogP contribution in [0.2, 0.25) is 0 Å². The molecule has 5 aliphatic carbocycles. The van der Waals surface area contributed by atoms with E-state index >= 15 is 0 Å². The van der Waals surface area contributed by atoms with Crippen molar-refractivity contribution < 1.29 is 0 Å². The van der Waals surface area contributed by atoms with Crippen molar-refractivity contribution in [2.75, 3.05) is 10.6 Å². The third-order valence-electron chi connectivity index (χ3n) is 11.7. The molecule has 3 unspecified atom stereocenters. The Kier molecular flexibility index (Phi) is 7.57. The molecule has 2 N–H and O–H groups in total. The van der Waals surface area contributed by atoms with Gasteiger partial charge in [0.15, 0.2) is 0 Å². The summed E-state index contributed by atoms with van der Waals surface area (Å²) in [5.74, 6) is 0.767. The summed E-state index contributed by atoms with van der Waals surface area (Å²) < 4.78 is 0. The van der Waals surface area contributed by atoms with Gasteiger partial charge in [0.05, 0.1) is 11.4 Å². The lowest BCUT2D eigenvalue weighted by Gasteiger charge is -2.33. The Balaban J connectivity index is 1.26. The third-order valence-corrected chi connectivity index (χ3v) is 11.7. The number of anilines is 2. The molecule has 0 aromatic heterocycles. The summed E-state index contributed by atoms with van der Waals surface area (Å²) in [4.78, 5) is 0. The predicted octanol–water partition coefficient (Wildman–Crippen LogP) is 12.5. The zero-order chi connectivity index (χ0) is 33.0. The van der Waals surface area contributed by atoms with Gasteiger partial charge in [0.2, 0.25) is 0 Å². The maximum atomic E-state index is 4.24. The fourth-order valence-electron chi connectivity index (χ4n) is 9.18. The smallest absolute Gasteiger partial charge is 0.0545 e. The minimum Gasteiger partial charge on any atom is -0.380 e. The van der Waals surface area contributed by atoms with Crippen molar-refractivity contribution in [3.63, 3.8) is 0 Å². The van der Waals surface area contributed by atoms with Crippen molar-refractivity contribution in [3.05, 3.63) is 155 Å². The van der Waals surface area contributed by atoms with Crippen molar-refractivity contribution in [2.24, 2.45) is 11.8 Å². The largest absolute Gasteiger partial charge is 0.380 e. The first-order valence-corrected chi connectivity index (χ1v) is 18.5. The van der Waals surface area contributed by atoms with Gasteiger partial charge in [-0.25, -0.2) is 0 Å². The van der Waals surface area contributed by atoms with E-state index in [9.17, 15) is 0 Å². The first kappa shape index (κ1) is 30.3. The first-order chi connectivity index (χ1) is 24.1. The summed E-state index contributed by atoms with van der Waals surface area (Å²) in [6, 6.07) is 23.5. The van der Waals surface area contributed by atoms with Crippen molar-refractivity contribution in [1.82, 2.24) is 0 Å². The second kappa shape index (κ2) is 12.3. The number of hydrogen-bond acceptors (Lipinski definition) is 2. The number of fused-ring (bicyclic) bond motifs is 5. The fraction of sp³-hybridized carbons (Fsp3) is 0.277. The average Bonchev–Trinajstić information content (AvgIpc) is 3.38. The Bertz CT molecular complexity index is 2200. The molecule has 0 saturated carbocycles. The van der Waals surface area contributed by atoms with Crippen molar-refractivity contribution in [1.29, 1.82) is 0 Å². The van der Waals surface area contributed by atoms with E-state index in [0.29, 0.717) is 17.9 Å². The van der Waals surface area contributed by atoms with Crippen LogP contribution >= 0.6 is 0 Å². The summed E-state index contributed by atoms with van der Waals surface area (Å²) in [6.45, 7) is 4.79. The highest BCUT2D eigenvalue weighted by atomic mass is 14.9. The highest BCUT2D eigenvalue weighted by molar-refractivity contribution is 6.21. The third kappa shape index (κ3) is 5.16. The summed E-state index contributed by atoms with van der Waals surface area (Å²) in [5, 5.41) is 13.5. The van der Waals surface area contributed by atoms with Gasteiger partial charge in [-0.05, 0) is 90.5 Å². The summed E-state index contributed by atoms with van der Waals surface area (Å²) in [7, 11) is 0. The molecule has 0 saturated heterocycles. The van der Waals surface area contributed by atoms with Crippen LogP contribution in [0, 0.1) is 11.8 Å². The first-order valence-electron chi connectivity index (χ1n) is 18.5. The van der Waals surface area contributed by atoms with Gasteiger partial charge in [0.1, 0.15) is 0 Å². The molecule has 0 heterocycles. The van der Waals surface area contributed by atoms with Crippen LogP contribution in [0.25, 0.3) is 32.7 Å². The van der Waals surface area contributed by atoms with Crippen LogP contribution in [0.1, 0.15) is 69.9 Å². The normalized spacial score (nSPS) is 23.6. The number of benzene rings is 4. The van der Waals surface area contributed by atoms with Gasteiger partial charge < -0.3 is 10.6 Å². The molecular weight excluding hydrogens is 593 g/mol. The summed E-state index contributed by atoms with van der Waals surface area (Å²) in [5.41, 5.74) is 12.1. The monoisotopic (exact) mass is 638 g/mol. The van der Waals surface area contributed by atoms with Gasteiger partial charge >= 0.3 is 0 Å². The average molecular weight is 639 g/mol. The van der Waals surface area contributed by atoms with Crippen LogP contribution in [0.5, 0.6) is 0 Å². The van der Waals surface area contributed by atoms with Crippen LogP contribution in [0.15, 0.2) is 144 Å².